The number of benzene rings is 3. The van der Waals surface area contributed by atoms with Crippen molar-refractivity contribution < 1.29 is 24.2 Å². The summed E-state index contributed by atoms with van der Waals surface area (Å²) in [6.07, 6.45) is 1.65. The number of nitrogens with one attached hydrogen (secondary N) is 1. The number of aromatic amines is 1. The Morgan fingerprint density at radius 1 is 1.00 bits per heavy atom. The van der Waals surface area contributed by atoms with Gasteiger partial charge in [0.1, 0.15) is 17.3 Å². The van der Waals surface area contributed by atoms with Gasteiger partial charge in [-0.1, -0.05) is 42.5 Å². The van der Waals surface area contributed by atoms with Crippen LogP contribution in [-0.4, -0.2) is 39.9 Å². The molecular formula is C30H28N2O5. The first-order valence-electron chi connectivity index (χ1n) is 12.1. The van der Waals surface area contributed by atoms with Gasteiger partial charge < -0.3 is 24.5 Å². The lowest BCUT2D eigenvalue weighted by molar-refractivity contribution is -0.140. The predicted octanol–water partition coefficient (Wildman–Crippen LogP) is 5.59. The van der Waals surface area contributed by atoms with Crippen molar-refractivity contribution >= 4 is 28.4 Å². The largest absolute Gasteiger partial charge is 0.507 e. The molecule has 37 heavy (non-hydrogen) atoms. The number of aliphatic hydroxyl groups excluding tert-OH is 1. The number of hydrogen-bond donors (Lipinski definition) is 2. The van der Waals surface area contributed by atoms with Gasteiger partial charge in [-0.25, -0.2) is 0 Å². The lowest BCUT2D eigenvalue weighted by Gasteiger charge is -2.26. The molecule has 0 spiro atoms. The van der Waals surface area contributed by atoms with Gasteiger partial charge in [-0.05, 0) is 55.3 Å². The van der Waals surface area contributed by atoms with E-state index in [0.717, 1.165) is 16.5 Å². The fourth-order valence-corrected chi connectivity index (χ4v) is 4.80. The normalized spacial score (nSPS) is 17.1. The molecule has 1 aromatic heterocycles. The summed E-state index contributed by atoms with van der Waals surface area (Å²) < 4.78 is 11.2. The monoisotopic (exact) mass is 496 g/mol. The number of nitrogens with zero attached hydrogens (tertiary/aromatic N) is 1. The smallest absolute Gasteiger partial charge is 0.295 e. The average Bonchev–Trinajstić information content (AvgIpc) is 3.43. The first-order valence-corrected chi connectivity index (χ1v) is 12.1. The van der Waals surface area contributed by atoms with Gasteiger partial charge >= 0.3 is 0 Å². The van der Waals surface area contributed by atoms with Crippen molar-refractivity contribution in [1.29, 1.82) is 0 Å². The number of amides is 1. The number of rotatable bonds is 7. The number of ketones is 1. The molecule has 2 heterocycles. The lowest BCUT2D eigenvalue weighted by Crippen LogP contribution is -2.29. The van der Waals surface area contributed by atoms with Crippen LogP contribution in [0.3, 0.4) is 0 Å². The summed E-state index contributed by atoms with van der Waals surface area (Å²) in [6, 6.07) is 21.3. The van der Waals surface area contributed by atoms with Crippen LogP contribution in [0.2, 0.25) is 0 Å². The summed E-state index contributed by atoms with van der Waals surface area (Å²) >= 11 is 0. The fourth-order valence-electron chi connectivity index (χ4n) is 4.80. The SMILES string of the molecule is COc1cccc(C2/C(=C(/O)c3c[nH]c4ccccc34)C(=O)C(=O)N2Cc2cccc(OC(C)C)c2)c1. The maximum absolute atomic E-state index is 13.5. The van der Waals surface area contributed by atoms with Crippen LogP contribution in [0.1, 0.15) is 36.6 Å². The van der Waals surface area contributed by atoms with E-state index in [1.165, 1.54) is 4.90 Å². The van der Waals surface area contributed by atoms with E-state index in [-0.39, 0.29) is 24.0 Å². The molecule has 1 aliphatic rings. The minimum Gasteiger partial charge on any atom is -0.507 e. The Morgan fingerprint density at radius 2 is 1.76 bits per heavy atom. The molecule has 1 atom stereocenters. The van der Waals surface area contributed by atoms with E-state index in [2.05, 4.69) is 4.98 Å². The lowest BCUT2D eigenvalue weighted by atomic mass is 9.95. The van der Waals surface area contributed by atoms with Gasteiger partial charge in [-0.3, -0.25) is 9.59 Å². The average molecular weight is 497 g/mol. The second-order valence-electron chi connectivity index (χ2n) is 9.27. The highest BCUT2D eigenvalue weighted by Crippen LogP contribution is 2.42. The van der Waals surface area contributed by atoms with E-state index >= 15 is 0 Å². The van der Waals surface area contributed by atoms with Gasteiger partial charge in [-0.15, -0.1) is 0 Å². The standard InChI is InChI=1S/C30H28N2O5/c1-18(2)37-22-11-6-8-19(14-22)17-32-27(20-9-7-10-21(15-20)36-3)26(29(34)30(32)35)28(33)24-16-31-25-13-5-4-12-23(24)25/h4-16,18,27,31,33H,17H2,1-3H3/b28-26-. The second-order valence-corrected chi connectivity index (χ2v) is 9.27. The van der Waals surface area contributed by atoms with Crippen molar-refractivity contribution in [2.24, 2.45) is 0 Å². The van der Waals surface area contributed by atoms with Crippen LogP contribution in [0, 0.1) is 0 Å². The first-order chi connectivity index (χ1) is 17.9. The third kappa shape index (κ3) is 4.56. The number of ether oxygens (including phenoxy) is 2. The number of methoxy groups -OCH3 is 1. The van der Waals surface area contributed by atoms with Crippen LogP contribution in [0.15, 0.2) is 84.6 Å². The van der Waals surface area contributed by atoms with Gasteiger partial charge in [0.05, 0.1) is 24.8 Å². The van der Waals surface area contributed by atoms with Crippen LogP contribution in [0.4, 0.5) is 0 Å². The number of para-hydroxylation sites is 1. The van der Waals surface area contributed by atoms with Crippen molar-refractivity contribution in [3.05, 3.63) is 101 Å². The molecule has 0 bridgehead atoms. The molecule has 1 amide bonds. The van der Waals surface area contributed by atoms with Crippen molar-refractivity contribution in [1.82, 2.24) is 9.88 Å². The fraction of sp³-hybridized carbons (Fsp3) is 0.200. The summed E-state index contributed by atoms with van der Waals surface area (Å²) in [5, 5.41) is 12.2. The summed E-state index contributed by atoms with van der Waals surface area (Å²) in [4.78, 5) is 31.5. The molecule has 1 fully saturated rings. The van der Waals surface area contributed by atoms with Crippen LogP contribution >= 0.6 is 0 Å². The first kappa shape index (κ1) is 24.2. The van der Waals surface area contributed by atoms with Crippen LogP contribution in [0.25, 0.3) is 16.7 Å². The number of carbonyl (C=O) groups is 2. The number of H-pyrrole nitrogens is 1. The minimum atomic E-state index is -0.807. The Morgan fingerprint density at radius 3 is 2.54 bits per heavy atom. The zero-order chi connectivity index (χ0) is 26.1. The van der Waals surface area contributed by atoms with Crippen LogP contribution < -0.4 is 9.47 Å². The molecule has 7 nitrogen and oxygen atoms in total. The molecule has 1 saturated heterocycles. The third-order valence-electron chi connectivity index (χ3n) is 6.42. The maximum atomic E-state index is 13.5. The van der Waals surface area contributed by atoms with E-state index < -0.39 is 17.7 Å². The Kier molecular flexibility index (Phi) is 6.44. The molecule has 7 heteroatoms. The van der Waals surface area contributed by atoms with Crippen LogP contribution in [0.5, 0.6) is 11.5 Å². The topological polar surface area (TPSA) is 91.9 Å². The van der Waals surface area contributed by atoms with Gasteiger partial charge in [0.15, 0.2) is 0 Å². The molecule has 188 valence electrons. The molecule has 5 rings (SSSR count). The van der Waals surface area contributed by atoms with E-state index in [1.807, 2.05) is 68.4 Å². The zero-order valence-electron chi connectivity index (χ0n) is 20.9. The number of Topliss-reactive ketones (excluding diaryl/α,β-unsaturated/α-hetero) is 1. The Balaban J connectivity index is 1.64. The van der Waals surface area contributed by atoms with E-state index in [0.29, 0.717) is 22.6 Å². The number of fused-ring (bicyclic) bond motifs is 1. The molecule has 0 radical (unpaired) electrons. The quantitative estimate of drug-likeness (QED) is 0.198. The van der Waals surface area contributed by atoms with E-state index in [9.17, 15) is 14.7 Å². The Labute approximate surface area is 214 Å². The summed E-state index contributed by atoms with van der Waals surface area (Å²) in [5.41, 5.74) is 2.79. The Bertz CT molecular complexity index is 1520. The van der Waals surface area contributed by atoms with Crippen LogP contribution in [-0.2, 0) is 16.1 Å². The molecule has 4 aromatic rings. The molecule has 3 aromatic carbocycles. The molecule has 0 aliphatic carbocycles. The highest BCUT2D eigenvalue weighted by Gasteiger charge is 2.46. The van der Waals surface area contributed by atoms with Gasteiger partial charge in [0.25, 0.3) is 11.7 Å². The van der Waals surface area contributed by atoms with Gasteiger partial charge in [0.2, 0.25) is 0 Å². The number of hydrogen-bond acceptors (Lipinski definition) is 5. The summed E-state index contributed by atoms with van der Waals surface area (Å²) in [6.45, 7) is 4.05. The highest BCUT2D eigenvalue weighted by atomic mass is 16.5. The van der Waals surface area contributed by atoms with Gasteiger partial charge in [0, 0.05) is 29.2 Å². The molecule has 2 N–H and O–H groups in total. The number of likely N-dealkylation sites (tertiary alicyclic amines) is 1. The minimum absolute atomic E-state index is 0.00237. The summed E-state index contributed by atoms with van der Waals surface area (Å²) in [7, 11) is 1.56. The zero-order valence-corrected chi connectivity index (χ0v) is 20.9. The number of aliphatic hydroxyl groups is 1. The van der Waals surface area contributed by atoms with E-state index in [4.69, 9.17) is 9.47 Å². The maximum Gasteiger partial charge on any atom is 0.295 e. The molecule has 1 unspecified atom stereocenters. The second kappa shape index (κ2) is 9.85. The summed E-state index contributed by atoms with van der Waals surface area (Å²) in [5.74, 6) is -0.360. The highest BCUT2D eigenvalue weighted by molar-refractivity contribution is 6.46. The predicted molar refractivity (Wildman–Crippen MR) is 141 cm³/mol. The molecular weight excluding hydrogens is 468 g/mol. The van der Waals surface area contributed by atoms with Crippen molar-refractivity contribution in [3.8, 4) is 11.5 Å². The Hall–Kier alpha value is -4.52. The molecule has 1 aliphatic heterocycles. The number of aromatic nitrogens is 1. The third-order valence-corrected chi connectivity index (χ3v) is 6.42. The van der Waals surface area contributed by atoms with Crippen molar-refractivity contribution in [3.63, 3.8) is 0 Å². The van der Waals surface area contributed by atoms with Crippen molar-refractivity contribution in [2.75, 3.05) is 7.11 Å². The van der Waals surface area contributed by atoms with Crippen molar-refractivity contribution in [2.45, 2.75) is 32.5 Å². The number of carbonyl (C=O) groups excluding carboxylic acids is 2. The van der Waals surface area contributed by atoms with Gasteiger partial charge in [-0.2, -0.15) is 0 Å². The molecule has 0 saturated carbocycles. The van der Waals surface area contributed by atoms with E-state index in [1.54, 1.807) is 31.5 Å².